The van der Waals surface area contributed by atoms with E-state index in [0.717, 1.165) is 22.1 Å². The van der Waals surface area contributed by atoms with Gasteiger partial charge in [0.1, 0.15) is 5.75 Å². The predicted octanol–water partition coefficient (Wildman–Crippen LogP) is 3.19. The number of benzene rings is 2. The third kappa shape index (κ3) is 2.37. The van der Waals surface area contributed by atoms with Crippen LogP contribution in [0.1, 0.15) is 11.6 Å². The van der Waals surface area contributed by atoms with Crippen LogP contribution in [0.2, 0.25) is 0 Å². The van der Waals surface area contributed by atoms with E-state index in [2.05, 4.69) is 10.0 Å². The number of aliphatic hydroxyl groups excluding tert-OH is 1. The zero-order valence-corrected chi connectivity index (χ0v) is 9.95. The van der Waals surface area contributed by atoms with Gasteiger partial charge in [0.15, 0.2) is 0 Å². The lowest BCUT2D eigenvalue weighted by molar-refractivity contribution is 0.268. The van der Waals surface area contributed by atoms with Crippen LogP contribution in [-0.4, -0.2) is 18.8 Å². The third-order valence-corrected chi connectivity index (χ3v) is 2.82. The number of methoxy groups -OCH3 is 1. The first kappa shape index (κ1) is 12.2. The smallest absolute Gasteiger partial charge is 0.119 e. The molecular formula is C13H13N3O2. The zero-order chi connectivity index (χ0) is 13.0. The fraction of sp³-hybridized carbons (Fsp3) is 0.231. The fourth-order valence-electron chi connectivity index (χ4n) is 1.85. The first-order chi connectivity index (χ1) is 8.78. The van der Waals surface area contributed by atoms with E-state index in [1.54, 1.807) is 7.11 Å². The molecule has 0 bridgehead atoms. The van der Waals surface area contributed by atoms with Crippen LogP contribution in [0.25, 0.3) is 21.2 Å². The molecule has 0 aliphatic rings. The lowest BCUT2D eigenvalue weighted by atomic mass is 10.0. The number of azide groups is 1. The quantitative estimate of drug-likeness (QED) is 0.508. The maximum Gasteiger partial charge on any atom is 0.119 e. The number of hydrogen-bond acceptors (Lipinski definition) is 3. The molecule has 2 rings (SSSR count). The number of aliphatic hydroxyl groups is 1. The van der Waals surface area contributed by atoms with Crippen LogP contribution in [-0.2, 0) is 0 Å². The van der Waals surface area contributed by atoms with Gasteiger partial charge in [-0.3, -0.25) is 0 Å². The van der Waals surface area contributed by atoms with Crippen LogP contribution in [0, 0.1) is 0 Å². The lowest BCUT2D eigenvalue weighted by Gasteiger charge is -2.09. The molecule has 1 N–H and O–H groups in total. The Morgan fingerprint density at radius 3 is 2.67 bits per heavy atom. The monoisotopic (exact) mass is 243 g/mol. The van der Waals surface area contributed by atoms with Crippen molar-refractivity contribution in [3.63, 3.8) is 0 Å². The van der Waals surface area contributed by atoms with Crippen molar-refractivity contribution in [1.29, 1.82) is 0 Å². The molecule has 0 saturated carbocycles. The average molecular weight is 243 g/mol. The summed E-state index contributed by atoms with van der Waals surface area (Å²) in [6, 6.07) is 10.9. The maximum absolute atomic E-state index is 9.18. The normalized spacial score (nSPS) is 11.9. The van der Waals surface area contributed by atoms with Gasteiger partial charge in [0.25, 0.3) is 0 Å². The molecule has 2 aromatic carbocycles. The number of nitrogens with zero attached hydrogens (tertiary/aromatic N) is 3. The Balaban J connectivity index is 2.47. The highest BCUT2D eigenvalue weighted by atomic mass is 16.5. The van der Waals surface area contributed by atoms with E-state index >= 15 is 0 Å². The molecule has 0 heterocycles. The second-order valence-corrected chi connectivity index (χ2v) is 3.88. The summed E-state index contributed by atoms with van der Waals surface area (Å²) in [6.07, 6.45) is 0. The Labute approximate surface area is 104 Å². The predicted molar refractivity (Wildman–Crippen MR) is 69.5 cm³/mol. The summed E-state index contributed by atoms with van der Waals surface area (Å²) in [6.45, 7) is -0.203. The van der Waals surface area contributed by atoms with Gasteiger partial charge in [-0.05, 0) is 34.0 Å². The van der Waals surface area contributed by atoms with Crippen molar-refractivity contribution in [1.82, 2.24) is 0 Å². The molecule has 2 aromatic rings. The number of ether oxygens (including phenoxy) is 1. The van der Waals surface area contributed by atoms with Gasteiger partial charge < -0.3 is 9.84 Å². The first-order valence-corrected chi connectivity index (χ1v) is 5.51. The van der Waals surface area contributed by atoms with Gasteiger partial charge in [0.2, 0.25) is 0 Å². The molecule has 92 valence electrons. The minimum atomic E-state index is -0.540. The molecule has 0 amide bonds. The highest BCUT2D eigenvalue weighted by molar-refractivity contribution is 5.84. The molecule has 5 nitrogen and oxygen atoms in total. The van der Waals surface area contributed by atoms with Gasteiger partial charge in [-0.2, -0.15) is 0 Å². The van der Waals surface area contributed by atoms with Crippen molar-refractivity contribution in [2.24, 2.45) is 5.11 Å². The van der Waals surface area contributed by atoms with Crippen molar-refractivity contribution in [3.05, 3.63) is 52.4 Å². The van der Waals surface area contributed by atoms with Gasteiger partial charge in [0, 0.05) is 4.91 Å². The number of fused-ring (bicyclic) bond motifs is 1. The Morgan fingerprint density at radius 1 is 1.28 bits per heavy atom. The van der Waals surface area contributed by atoms with E-state index in [9.17, 15) is 5.11 Å². The summed E-state index contributed by atoms with van der Waals surface area (Å²) in [5.41, 5.74) is 9.24. The van der Waals surface area contributed by atoms with E-state index < -0.39 is 6.04 Å². The van der Waals surface area contributed by atoms with Crippen molar-refractivity contribution >= 4 is 10.8 Å². The molecule has 18 heavy (non-hydrogen) atoms. The van der Waals surface area contributed by atoms with Gasteiger partial charge in [0.05, 0.1) is 19.8 Å². The van der Waals surface area contributed by atoms with Crippen LogP contribution in [0.5, 0.6) is 5.75 Å². The lowest BCUT2D eigenvalue weighted by Crippen LogP contribution is -1.99. The van der Waals surface area contributed by atoms with Gasteiger partial charge in [-0.15, -0.1) is 0 Å². The van der Waals surface area contributed by atoms with Crippen molar-refractivity contribution in [3.8, 4) is 5.75 Å². The van der Waals surface area contributed by atoms with E-state index in [1.807, 2.05) is 36.4 Å². The molecule has 0 fully saturated rings. The van der Waals surface area contributed by atoms with Crippen molar-refractivity contribution in [2.75, 3.05) is 13.7 Å². The Morgan fingerprint density at radius 2 is 2.00 bits per heavy atom. The van der Waals surface area contributed by atoms with Crippen LogP contribution in [0.3, 0.4) is 0 Å². The summed E-state index contributed by atoms with van der Waals surface area (Å²) in [4.78, 5) is 2.74. The molecule has 0 spiro atoms. The topological polar surface area (TPSA) is 78.2 Å². The summed E-state index contributed by atoms with van der Waals surface area (Å²) < 4.78 is 5.15. The molecule has 0 aliphatic heterocycles. The fourth-order valence-corrected chi connectivity index (χ4v) is 1.85. The van der Waals surface area contributed by atoms with E-state index in [-0.39, 0.29) is 6.61 Å². The van der Waals surface area contributed by atoms with Crippen LogP contribution < -0.4 is 4.74 Å². The molecule has 0 aromatic heterocycles. The van der Waals surface area contributed by atoms with E-state index in [1.165, 1.54) is 0 Å². The minimum Gasteiger partial charge on any atom is -0.497 e. The van der Waals surface area contributed by atoms with Crippen LogP contribution in [0.4, 0.5) is 0 Å². The molecule has 0 radical (unpaired) electrons. The summed E-state index contributed by atoms with van der Waals surface area (Å²) in [7, 11) is 1.62. The minimum absolute atomic E-state index is 0.203. The Hall–Kier alpha value is -2.23. The Kier molecular flexibility index (Phi) is 3.67. The van der Waals surface area contributed by atoms with E-state index in [0.29, 0.717) is 0 Å². The summed E-state index contributed by atoms with van der Waals surface area (Å²) in [5.74, 6) is 0.795. The average Bonchev–Trinajstić information content (AvgIpc) is 2.43. The van der Waals surface area contributed by atoms with Gasteiger partial charge in [-0.1, -0.05) is 29.4 Å². The second-order valence-electron chi connectivity index (χ2n) is 3.88. The molecule has 1 atom stereocenters. The first-order valence-electron chi connectivity index (χ1n) is 5.51. The SMILES string of the molecule is COc1ccc2cc(C(CO)N=[N+]=[N-])ccc2c1. The van der Waals surface area contributed by atoms with Crippen LogP contribution >= 0.6 is 0 Å². The molecule has 0 aliphatic carbocycles. The highest BCUT2D eigenvalue weighted by Crippen LogP contribution is 2.25. The zero-order valence-electron chi connectivity index (χ0n) is 9.95. The molecule has 5 heteroatoms. The van der Waals surface area contributed by atoms with Crippen molar-refractivity contribution < 1.29 is 9.84 Å². The second kappa shape index (κ2) is 5.40. The summed E-state index contributed by atoms with van der Waals surface area (Å²) in [5, 5.41) is 14.8. The maximum atomic E-state index is 9.18. The number of hydrogen-bond donors (Lipinski definition) is 1. The van der Waals surface area contributed by atoms with Gasteiger partial charge in [-0.25, -0.2) is 0 Å². The van der Waals surface area contributed by atoms with Crippen molar-refractivity contribution in [2.45, 2.75) is 6.04 Å². The molecular weight excluding hydrogens is 230 g/mol. The highest BCUT2D eigenvalue weighted by Gasteiger charge is 2.08. The van der Waals surface area contributed by atoms with Gasteiger partial charge >= 0.3 is 0 Å². The molecule has 1 unspecified atom stereocenters. The number of rotatable bonds is 4. The third-order valence-electron chi connectivity index (χ3n) is 2.82. The standard InChI is InChI=1S/C13H13N3O2/c1-18-12-5-4-9-6-11(3-2-10(9)7-12)13(8-17)15-16-14/h2-7,13,17H,8H2,1H3. The van der Waals surface area contributed by atoms with E-state index in [4.69, 9.17) is 10.3 Å². The molecule has 0 saturated heterocycles. The largest absolute Gasteiger partial charge is 0.497 e. The summed E-state index contributed by atoms with van der Waals surface area (Å²) >= 11 is 0. The Bertz CT molecular complexity index is 606. The van der Waals surface area contributed by atoms with Crippen LogP contribution in [0.15, 0.2) is 41.5 Å².